The van der Waals surface area contributed by atoms with Gasteiger partial charge in [-0.3, -0.25) is 19.3 Å². The highest BCUT2D eigenvalue weighted by Crippen LogP contribution is 2.23. The molecule has 1 N–H and O–H groups in total. The van der Waals surface area contributed by atoms with E-state index >= 15 is 0 Å². The van der Waals surface area contributed by atoms with E-state index in [4.69, 9.17) is 9.47 Å². The zero-order valence-electron chi connectivity index (χ0n) is 25.0. The number of benzene rings is 2. The molecule has 0 fully saturated rings. The molecular weight excluding hydrogens is 599 g/mol. The van der Waals surface area contributed by atoms with Crippen molar-refractivity contribution in [3.8, 4) is 5.75 Å². The average molecular weight is 635 g/mol. The number of halogens is 1. The summed E-state index contributed by atoms with van der Waals surface area (Å²) in [7, 11) is 0. The Kier molecular flexibility index (Phi) is 12.9. The van der Waals surface area contributed by atoms with Gasteiger partial charge < -0.3 is 14.8 Å². The van der Waals surface area contributed by atoms with Crippen molar-refractivity contribution >= 4 is 40.1 Å². The van der Waals surface area contributed by atoms with Crippen molar-refractivity contribution in [1.29, 1.82) is 0 Å². The number of anilines is 2. The van der Waals surface area contributed by atoms with Gasteiger partial charge in [0.15, 0.2) is 12.5 Å². The number of hydrogen-bond acceptors (Lipinski definition) is 10. The second kappa shape index (κ2) is 17.5. The third-order valence-corrected chi connectivity index (χ3v) is 7.55. The third kappa shape index (κ3) is 11.0. The molecule has 0 atom stereocenters. The van der Waals surface area contributed by atoms with E-state index in [1.54, 1.807) is 30.3 Å². The van der Waals surface area contributed by atoms with E-state index in [2.05, 4.69) is 25.7 Å². The van der Waals surface area contributed by atoms with Crippen molar-refractivity contribution in [3.63, 3.8) is 0 Å². The van der Waals surface area contributed by atoms with Crippen LogP contribution in [0.15, 0.2) is 66.7 Å². The van der Waals surface area contributed by atoms with Gasteiger partial charge >= 0.3 is 5.97 Å². The van der Waals surface area contributed by atoms with Crippen molar-refractivity contribution in [2.75, 3.05) is 23.8 Å². The van der Waals surface area contributed by atoms with E-state index in [0.717, 1.165) is 29.1 Å². The van der Waals surface area contributed by atoms with E-state index in [9.17, 15) is 18.8 Å². The largest absolute Gasteiger partial charge is 0.463 e. The molecule has 4 rings (SSSR count). The number of unbranched alkanes of at least 4 members (excludes halogenated alkanes) is 1. The third-order valence-electron chi connectivity index (χ3n) is 6.54. The zero-order chi connectivity index (χ0) is 31.9. The fraction of sp³-hybridized carbons (Fsp3) is 0.344. The number of hydrogen-bond donors (Lipinski definition) is 1. The van der Waals surface area contributed by atoms with Crippen LogP contribution in [-0.2, 0) is 44.8 Å². The molecule has 0 aliphatic heterocycles. The average Bonchev–Trinajstić information content (AvgIpc) is 3.49. The topological polar surface area (TPSA) is 136 Å². The van der Waals surface area contributed by atoms with Crippen molar-refractivity contribution in [2.45, 2.75) is 58.3 Å². The normalized spacial score (nSPS) is 10.7. The van der Waals surface area contributed by atoms with E-state index in [-0.39, 0.29) is 43.8 Å². The number of aryl methyl sites for hydroxylation is 2. The minimum absolute atomic E-state index is 0.0865. The van der Waals surface area contributed by atoms with Gasteiger partial charge in [-0.2, -0.15) is 5.10 Å². The molecule has 4 aromatic rings. The van der Waals surface area contributed by atoms with E-state index < -0.39 is 6.86 Å². The number of carbonyl (C=O) groups is 3. The molecule has 2 aromatic heterocycles. The Labute approximate surface area is 264 Å². The molecule has 11 nitrogen and oxygen atoms in total. The highest BCUT2D eigenvalue weighted by atomic mass is 32.1. The summed E-state index contributed by atoms with van der Waals surface area (Å²) >= 11 is 1.30. The summed E-state index contributed by atoms with van der Waals surface area (Å²) in [6.07, 6.45) is 4.14. The number of nitrogens with zero attached hydrogens (tertiary/aromatic N) is 5. The quantitative estimate of drug-likeness (QED) is 0.0937. The van der Waals surface area contributed by atoms with Crippen LogP contribution in [0.1, 0.15) is 54.4 Å². The van der Waals surface area contributed by atoms with Crippen molar-refractivity contribution < 1.29 is 28.2 Å². The van der Waals surface area contributed by atoms with E-state index in [1.807, 2.05) is 43.3 Å². The Balaban J connectivity index is 1.24. The number of rotatable bonds is 17. The van der Waals surface area contributed by atoms with Crippen LogP contribution >= 0.6 is 11.3 Å². The molecule has 0 spiro atoms. The molecule has 236 valence electrons. The van der Waals surface area contributed by atoms with Gasteiger partial charge in [0, 0.05) is 12.8 Å². The monoisotopic (exact) mass is 634 g/mol. The second-order valence-corrected chi connectivity index (χ2v) is 11.1. The van der Waals surface area contributed by atoms with Crippen LogP contribution < -0.4 is 15.0 Å². The highest BCUT2D eigenvalue weighted by Gasteiger charge is 2.22. The lowest BCUT2D eigenvalue weighted by Crippen LogP contribution is -2.35. The number of carbonyl (C=O) groups excluding carboxylic acids is 3. The van der Waals surface area contributed by atoms with Gasteiger partial charge in [0.2, 0.25) is 23.8 Å². The molecule has 2 heterocycles. The van der Waals surface area contributed by atoms with Crippen LogP contribution in [0.25, 0.3) is 0 Å². The summed E-state index contributed by atoms with van der Waals surface area (Å²) in [6, 6.07) is 19.6. The van der Waals surface area contributed by atoms with Gasteiger partial charge in [0.05, 0.1) is 18.5 Å². The Morgan fingerprint density at radius 2 is 1.69 bits per heavy atom. The minimum Gasteiger partial charge on any atom is -0.463 e. The number of esters is 1. The number of amides is 2. The van der Waals surface area contributed by atoms with Crippen molar-refractivity contribution in [2.24, 2.45) is 0 Å². The molecule has 13 heteroatoms. The molecule has 0 radical (unpaired) electrons. The van der Waals surface area contributed by atoms with Crippen LogP contribution in [0.3, 0.4) is 0 Å². The molecular formula is C32H35FN6O5S. The maximum atomic E-state index is 13.1. The lowest BCUT2D eigenvalue weighted by atomic mass is 10.1. The SMILES string of the molecule is CCCC(=O)OCN(C(=O)Cc1ccccc1)c1nnc(CCCCc2ccc(NC(=O)Cc3cccc(OCF)c3)nn2)s1. The lowest BCUT2D eigenvalue weighted by Gasteiger charge is -2.19. The molecule has 0 aliphatic rings. The molecule has 0 bridgehead atoms. The Bertz CT molecular complexity index is 1540. The zero-order valence-corrected chi connectivity index (χ0v) is 25.8. The number of alkyl halides is 1. The molecule has 2 amide bonds. The molecule has 0 saturated heterocycles. The van der Waals surface area contributed by atoms with Gasteiger partial charge in [-0.1, -0.05) is 60.7 Å². The molecule has 0 unspecified atom stereocenters. The fourth-order valence-electron chi connectivity index (χ4n) is 4.29. The first kappa shape index (κ1) is 33.1. The molecule has 2 aromatic carbocycles. The summed E-state index contributed by atoms with van der Waals surface area (Å²) in [5.74, 6) is -0.174. The Morgan fingerprint density at radius 3 is 2.44 bits per heavy atom. The first-order valence-electron chi connectivity index (χ1n) is 14.7. The summed E-state index contributed by atoms with van der Waals surface area (Å²) in [6.45, 7) is 0.740. The highest BCUT2D eigenvalue weighted by molar-refractivity contribution is 7.15. The van der Waals surface area contributed by atoms with Crippen LogP contribution in [0.4, 0.5) is 15.3 Å². The van der Waals surface area contributed by atoms with Crippen LogP contribution in [0.5, 0.6) is 5.75 Å². The molecule has 0 saturated carbocycles. The number of ether oxygens (including phenoxy) is 2. The first-order valence-corrected chi connectivity index (χ1v) is 15.5. The van der Waals surface area contributed by atoms with Crippen LogP contribution in [0, 0.1) is 0 Å². The minimum atomic E-state index is -0.934. The van der Waals surface area contributed by atoms with Gasteiger partial charge in [0.25, 0.3) is 0 Å². The smallest absolute Gasteiger partial charge is 0.307 e. The van der Waals surface area contributed by atoms with E-state index in [1.165, 1.54) is 16.2 Å². The van der Waals surface area contributed by atoms with Gasteiger partial charge in [-0.15, -0.1) is 15.3 Å². The fourth-order valence-corrected chi connectivity index (χ4v) is 5.18. The first-order chi connectivity index (χ1) is 21.9. The Hall–Kier alpha value is -4.78. The molecule has 0 aliphatic carbocycles. The maximum Gasteiger partial charge on any atom is 0.307 e. The predicted molar refractivity (Wildman–Crippen MR) is 167 cm³/mol. The summed E-state index contributed by atoms with van der Waals surface area (Å²) in [5.41, 5.74) is 2.32. The predicted octanol–water partition coefficient (Wildman–Crippen LogP) is 5.26. The van der Waals surface area contributed by atoms with Gasteiger partial charge in [-0.25, -0.2) is 4.39 Å². The van der Waals surface area contributed by atoms with Gasteiger partial charge in [-0.05, 0) is 61.1 Å². The number of aromatic nitrogens is 4. The van der Waals surface area contributed by atoms with E-state index in [0.29, 0.717) is 41.5 Å². The number of nitrogens with one attached hydrogen (secondary N) is 1. The summed E-state index contributed by atoms with van der Waals surface area (Å²) in [4.78, 5) is 38.9. The Morgan fingerprint density at radius 1 is 0.889 bits per heavy atom. The van der Waals surface area contributed by atoms with Crippen molar-refractivity contribution in [1.82, 2.24) is 20.4 Å². The lowest BCUT2D eigenvalue weighted by molar-refractivity contribution is -0.144. The maximum absolute atomic E-state index is 13.1. The molecule has 45 heavy (non-hydrogen) atoms. The van der Waals surface area contributed by atoms with Crippen molar-refractivity contribution in [3.05, 3.63) is 88.6 Å². The van der Waals surface area contributed by atoms with Crippen LogP contribution in [0.2, 0.25) is 0 Å². The summed E-state index contributed by atoms with van der Waals surface area (Å²) in [5, 5.41) is 20.7. The second-order valence-electron chi connectivity index (χ2n) is 10.1. The van der Waals surface area contributed by atoms with Crippen LogP contribution in [-0.4, -0.2) is 51.8 Å². The van der Waals surface area contributed by atoms with Gasteiger partial charge in [0.1, 0.15) is 10.8 Å². The standard InChI is InChI=1S/C32H35FN6O5S/c1-2-9-31(42)44-22-39(30(41)20-23-10-4-3-5-11-23)32-38-37-29(45-32)15-7-6-13-25-16-17-27(36-35-25)34-28(40)19-24-12-8-14-26(18-24)43-21-33/h3-5,8,10-12,14,16-18H,2,6-7,9,13,15,19-22H2,1H3,(H,34,36,40). The summed E-state index contributed by atoms with van der Waals surface area (Å²) < 4.78 is 22.6.